The Hall–Kier alpha value is -2.40. The van der Waals surface area contributed by atoms with E-state index < -0.39 is 10.5 Å². The van der Waals surface area contributed by atoms with E-state index in [0.29, 0.717) is 21.4 Å². The van der Waals surface area contributed by atoms with Crippen molar-refractivity contribution in [3.05, 3.63) is 62.0 Å². The van der Waals surface area contributed by atoms with Crippen LogP contribution in [0.2, 0.25) is 5.02 Å². The lowest BCUT2D eigenvalue weighted by molar-refractivity contribution is -0.384. The summed E-state index contributed by atoms with van der Waals surface area (Å²) in [4.78, 5) is 22.0. The minimum atomic E-state index is -0.617. The van der Waals surface area contributed by atoms with Gasteiger partial charge >= 0.3 is 5.63 Å². The van der Waals surface area contributed by atoms with Crippen molar-refractivity contribution in [2.45, 2.75) is 0 Å². The maximum atomic E-state index is 11.8. The van der Waals surface area contributed by atoms with Gasteiger partial charge in [-0.15, -0.1) is 0 Å². The lowest BCUT2D eigenvalue weighted by atomic mass is 10.1. The van der Waals surface area contributed by atoms with Gasteiger partial charge in [-0.3, -0.25) is 10.1 Å². The van der Waals surface area contributed by atoms with Crippen molar-refractivity contribution >= 4 is 39.0 Å². The molecule has 5 nitrogen and oxygen atoms in total. The molecule has 3 aromatic rings. The number of nitrogens with zero attached hydrogens (tertiary/aromatic N) is 1. The van der Waals surface area contributed by atoms with Crippen molar-refractivity contribution in [1.29, 1.82) is 0 Å². The molecule has 94 valence electrons. The molecule has 6 heteroatoms. The van der Waals surface area contributed by atoms with Crippen LogP contribution in [0.15, 0.2) is 45.6 Å². The highest BCUT2D eigenvalue weighted by molar-refractivity contribution is 6.37. The predicted octanol–water partition coefficient (Wildman–Crippen LogP) is 3.51. The number of nitro benzene ring substituents is 1. The third-order valence-electron chi connectivity index (χ3n) is 2.88. The molecule has 0 spiro atoms. The van der Waals surface area contributed by atoms with Crippen LogP contribution in [0.25, 0.3) is 21.7 Å². The molecule has 1 aromatic heterocycles. The van der Waals surface area contributed by atoms with Gasteiger partial charge in [0.1, 0.15) is 5.58 Å². The van der Waals surface area contributed by atoms with E-state index >= 15 is 0 Å². The van der Waals surface area contributed by atoms with Crippen LogP contribution in [-0.4, -0.2) is 4.92 Å². The van der Waals surface area contributed by atoms with E-state index in [0.717, 1.165) is 0 Å². The van der Waals surface area contributed by atoms with Crippen LogP contribution in [0.3, 0.4) is 0 Å². The number of halogens is 1. The van der Waals surface area contributed by atoms with Crippen LogP contribution in [0.4, 0.5) is 5.69 Å². The predicted molar refractivity (Wildman–Crippen MR) is 71.7 cm³/mol. The molecule has 0 aliphatic rings. The van der Waals surface area contributed by atoms with E-state index in [9.17, 15) is 14.9 Å². The van der Waals surface area contributed by atoms with Crippen molar-refractivity contribution in [3.8, 4) is 0 Å². The molecule has 0 bridgehead atoms. The van der Waals surface area contributed by atoms with E-state index in [1.807, 2.05) is 0 Å². The fraction of sp³-hybridized carbons (Fsp3) is 0. The fourth-order valence-electron chi connectivity index (χ4n) is 2.04. The zero-order chi connectivity index (χ0) is 13.6. The molecule has 0 saturated carbocycles. The summed E-state index contributed by atoms with van der Waals surface area (Å²) in [5.74, 6) is 0. The minimum absolute atomic E-state index is 0.148. The van der Waals surface area contributed by atoms with Crippen LogP contribution in [0.1, 0.15) is 0 Å². The first-order chi connectivity index (χ1) is 9.08. The van der Waals surface area contributed by atoms with Gasteiger partial charge in [0.05, 0.1) is 15.3 Å². The maximum Gasteiger partial charge on any atom is 0.344 e. The number of hydrogen-bond acceptors (Lipinski definition) is 4. The summed E-state index contributed by atoms with van der Waals surface area (Å²) in [6.45, 7) is 0. The van der Waals surface area contributed by atoms with Crippen molar-refractivity contribution in [2.24, 2.45) is 0 Å². The Kier molecular flexibility index (Phi) is 2.50. The zero-order valence-corrected chi connectivity index (χ0v) is 10.2. The lowest BCUT2D eigenvalue weighted by Crippen LogP contribution is -2.01. The van der Waals surface area contributed by atoms with Gasteiger partial charge in [0.2, 0.25) is 0 Å². The van der Waals surface area contributed by atoms with Crippen LogP contribution in [-0.2, 0) is 0 Å². The topological polar surface area (TPSA) is 73.3 Å². The first-order valence-corrected chi connectivity index (χ1v) is 5.75. The SMILES string of the molecule is O=c1oc2cccc(Cl)c2c2ccc([N+](=O)[O-])cc12. The molecule has 19 heavy (non-hydrogen) atoms. The Bertz CT molecular complexity index is 885. The number of hydrogen-bond donors (Lipinski definition) is 0. The van der Waals surface area contributed by atoms with Gasteiger partial charge in [-0.1, -0.05) is 17.7 Å². The Morgan fingerprint density at radius 1 is 1.16 bits per heavy atom. The molecule has 0 saturated heterocycles. The molecule has 3 rings (SSSR count). The summed E-state index contributed by atoms with van der Waals surface area (Å²) in [6.07, 6.45) is 0. The van der Waals surface area contributed by atoms with Crippen LogP contribution < -0.4 is 5.63 Å². The highest BCUT2D eigenvalue weighted by atomic mass is 35.5. The highest BCUT2D eigenvalue weighted by Gasteiger charge is 2.14. The van der Waals surface area contributed by atoms with Crippen molar-refractivity contribution in [1.82, 2.24) is 0 Å². The standard InChI is InChI=1S/C13H6ClNO4/c14-10-2-1-3-11-12(10)8-5-4-7(15(17)18)6-9(8)13(16)19-11/h1-6H. The van der Waals surface area contributed by atoms with E-state index in [-0.39, 0.29) is 11.1 Å². The minimum Gasteiger partial charge on any atom is -0.422 e. The second-order valence-corrected chi connectivity index (χ2v) is 4.40. The van der Waals surface area contributed by atoms with Crippen molar-refractivity contribution < 1.29 is 9.34 Å². The van der Waals surface area contributed by atoms with Gasteiger partial charge in [-0.25, -0.2) is 4.79 Å². The molecule has 0 fully saturated rings. The van der Waals surface area contributed by atoms with Crippen LogP contribution in [0.5, 0.6) is 0 Å². The molecule has 2 aromatic carbocycles. The van der Waals surface area contributed by atoms with Gasteiger partial charge in [0.25, 0.3) is 5.69 Å². The quantitative estimate of drug-likeness (QED) is 0.295. The van der Waals surface area contributed by atoms with Crippen molar-refractivity contribution in [2.75, 3.05) is 0 Å². The molecular weight excluding hydrogens is 270 g/mol. The third kappa shape index (κ3) is 1.75. The van der Waals surface area contributed by atoms with Crippen LogP contribution >= 0.6 is 11.6 Å². The molecule has 0 N–H and O–H groups in total. The first kappa shape index (κ1) is 11.7. The normalized spacial score (nSPS) is 11.0. The molecule has 0 aliphatic heterocycles. The monoisotopic (exact) mass is 275 g/mol. The summed E-state index contributed by atoms with van der Waals surface area (Å²) in [5.41, 5.74) is -0.418. The molecule has 0 atom stereocenters. The summed E-state index contributed by atoms with van der Waals surface area (Å²) < 4.78 is 5.13. The van der Waals surface area contributed by atoms with Gasteiger partial charge in [0.15, 0.2) is 0 Å². The smallest absolute Gasteiger partial charge is 0.344 e. The summed E-state index contributed by atoms with van der Waals surface area (Å²) in [7, 11) is 0. The fourth-order valence-corrected chi connectivity index (χ4v) is 2.31. The third-order valence-corrected chi connectivity index (χ3v) is 3.20. The Labute approximate surface area is 111 Å². The Balaban J connectivity index is 2.55. The molecule has 0 aliphatic carbocycles. The maximum absolute atomic E-state index is 11.8. The Morgan fingerprint density at radius 3 is 2.68 bits per heavy atom. The average Bonchev–Trinajstić information content (AvgIpc) is 2.38. The number of non-ortho nitro benzene ring substituents is 1. The molecular formula is C13H6ClNO4. The number of fused-ring (bicyclic) bond motifs is 3. The molecule has 0 radical (unpaired) electrons. The van der Waals surface area contributed by atoms with Crippen molar-refractivity contribution in [3.63, 3.8) is 0 Å². The molecule has 0 unspecified atom stereocenters. The van der Waals surface area contributed by atoms with Gasteiger partial charge in [0, 0.05) is 22.9 Å². The van der Waals surface area contributed by atoms with E-state index in [1.54, 1.807) is 18.2 Å². The second kappa shape index (κ2) is 4.07. The van der Waals surface area contributed by atoms with Crippen LogP contribution in [0, 0.1) is 10.1 Å². The molecule has 1 heterocycles. The van der Waals surface area contributed by atoms with E-state index in [4.69, 9.17) is 16.0 Å². The highest BCUT2D eigenvalue weighted by Crippen LogP contribution is 2.30. The largest absolute Gasteiger partial charge is 0.422 e. The zero-order valence-electron chi connectivity index (χ0n) is 9.42. The van der Waals surface area contributed by atoms with Gasteiger partial charge in [-0.05, 0) is 18.2 Å². The van der Waals surface area contributed by atoms with E-state index in [1.165, 1.54) is 18.2 Å². The van der Waals surface area contributed by atoms with Gasteiger partial charge < -0.3 is 4.42 Å². The number of rotatable bonds is 1. The van der Waals surface area contributed by atoms with Gasteiger partial charge in [-0.2, -0.15) is 0 Å². The summed E-state index contributed by atoms with van der Waals surface area (Å²) in [6, 6.07) is 9.02. The summed E-state index contributed by atoms with van der Waals surface area (Å²) >= 11 is 6.09. The second-order valence-electron chi connectivity index (χ2n) is 3.99. The summed E-state index contributed by atoms with van der Waals surface area (Å²) in [5, 5.41) is 12.4. The first-order valence-electron chi connectivity index (χ1n) is 5.37. The Morgan fingerprint density at radius 2 is 1.95 bits per heavy atom. The lowest BCUT2D eigenvalue weighted by Gasteiger charge is -2.03. The van der Waals surface area contributed by atoms with E-state index in [2.05, 4.69) is 0 Å². The number of nitro groups is 1. The molecule has 0 amide bonds. The average molecular weight is 276 g/mol. The number of benzene rings is 2.